The molecule has 258 valence electrons. The number of pyridine rings is 1. The normalized spacial score (nSPS) is 13.8. The molecule has 1 aliphatic rings. The monoisotopic (exact) mass is 713 g/mol. The van der Waals surface area contributed by atoms with Gasteiger partial charge in [-0.05, 0) is 53.9 Å². The highest BCUT2D eigenvalue weighted by Crippen LogP contribution is 2.39. The van der Waals surface area contributed by atoms with Crippen LogP contribution in [0.25, 0.3) is 33.5 Å². The van der Waals surface area contributed by atoms with Gasteiger partial charge in [0.05, 0.1) is 27.8 Å². The van der Waals surface area contributed by atoms with Gasteiger partial charge in [0.25, 0.3) is 0 Å². The quantitative estimate of drug-likeness (QED) is 0.0786. The number of anilines is 1. The van der Waals surface area contributed by atoms with Gasteiger partial charge < -0.3 is 4.74 Å². The number of ketones is 1. The molecule has 2 heterocycles. The van der Waals surface area contributed by atoms with Gasteiger partial charge in [-0.3, -0.25) is 14.4 Å². The summed E-state index contributed by atoms with van der Waals surface area (Å²) >= 11 is 1.10. The number of carbonyl (C=O) groups is 4. The van der Waals surface area contributed by atoms with Gasteiger partial charge in [0.2, 0.25) is 11.8 Å². The molecule has 2 amide bonds. The number of hydrogen-bond donors (Lipinski definition) is 0. The van der Waals surface area contributed by atoms with Crippen LogP contribution in [-0.4, -0.2) is 40.4 Å². The summed E-state index contributed by atoms with van der Waals surface area (Å²) in [5.74, 6) is -1.92. The number of aryl methyl sites for hydroxylation is 1. The van der Waals surface area contributed by atoms with Crippen molar-refractivity contribution < 1.29 is 23.9 Å². The van der Waals surface area contributed by atoms with Gasteiger partial charge in [-0.2, -0.15) is 5.26 Å². The van der Waals surface area contributed by atoms with E-state index >= 15 is 0 Å². The molecule has 0 N–H and O–H groups in total. The van der Waals surface area contributed by atoms with E-state index in [2.05, 4.69) is 6.07 Å². The Morgan fingerprint density at radius 3 is 2.00 bits per heavy atom. The first-order chi connectivity index (χ1) is 25.8. The predicted octanol–water partition coefficient (Wildman–Crippen LogP) is 8.73. The van der Waals surface area contributed by atoms with Gasteiger partial charge in [0.15, 0.2) is 12.4 Å². The number of Topliss-reactive ketones (excluding diaryl/α,β-unsaturated/α-hetero) is 1. The molecular formula is C44H31N3O5S. The van der Waals surface area contributed by atoms with Crippen LogP contribution in [0.4, 0.5) is 5.69 Å². The van der Waals surface area contributed by atoms with Crippen LogP contribution in [0.5, 0.6) is 0 Å². The third-order valence-corrected chi connectivity index (χ3v) is 10.1. The molecule has 0 radical (unpaired) electrons. The summed E-state index contributed by atoms with van der Waals surface area (Å²) in [7, 11) is 0. The highest BCUT2D eigenvalue weighted by molar-refractivity contribution is 8.00. The van der Waals surface area contributed by atoms with E-state index < -0.39 is 29.6 Å². The average molecular weight is 714 g/mol. The van der Waals surface area contributed by atoms with Crippen molar-refractivity contribution in [1.29, 1.82) is 5.26 Å². The van der Waals surface area contributed by atoms with Gasteiger partial charge in [-0.25, -0.2) is 14.7 Å². The van der Waals surface area contributed by atoms with E-state index in [4.69, 9.17) is 9.72 Å². The molecule has 0 saturated carbocycles. The summed E-state index contributed by atoms with van der Waals surface area (Å²) in [6.45, 7) is 1.55. The van der Waals surface area contributed by atoms with Crippen LogP contribution in [0.1, 0.15) is 38.3 Å². The number of rotatable bonds is 10. The van der Waals surface area contributed by atoms with Crippen LogP contribution in [0, 0.1) is 18.3 Å². The second-order valence-corrected chi connectivity index (χ2v) is 13.6. The Morgan fingerprint density at radius 1 is 0.774 bits per heavy atom. The van der Waals surface area contributed by atoms with Crippen LogP contribution in [0.15, 0.2) is 145 Å². The van der Waals surface area contributed by atoms with Crippen molar-refractivity contribution in [3.63, 3.8) is 0 Å². The lowest BCUT2D eigenvalue weighted by molar-refractivity contribution is -0.121. The molecule has 8 nitrogen and oxygen atoms in total. The fourth-order valence-electron chi connectivity index (χ4n) is 6.06. The number of hydrogen-bond acceptors (Lipinski definition) is 8. The molecule has 0 aliphatic carbocycles. The zero-order chi connectivity index (χ0) is 36.9. The summed E-state index contributed by atoms with van der Waals surface area (Å²) in [6, 6.07) is 44.3. The van der Waals surface area contributed by atoms with Crippen molar-refractivity contribution in [3.8, 4) is 39.6 Å². The minimum Gasteiger partial charge on any atom is -0.454 e. The topological polar surface area (TPSA) is 117 Å². The van der Waals surface area contributed by atoms with E-state index in [9.17, 15) is 24.4 Å². The molecule has 6 aromatic rings. The maximum absolute atomic E-state index is 13.7. The number of nitriles is 1. The third kappa shape index (κ3) is 7.54. The maximum atomic E-state index is 13.7. The zero-order valence-electron chi connectivity index (χ0n) is 28.6. The molecule has 1 aromatic heterocycles. The molecule has 53 heavy (non-hydrogen) atoms. The number of benzene rings is 5. The van der Waals surface area contributed by atoms with Gasteiger partial charge in [-0.1, -0.05) is 127 Å². The number of ether oxygens (including phenoxy) is 1. The molecule has 7 rings (SSSR count). The Hall–Kier alpha value is -6.63. The Labute approximate surface area is 310 Å². The highest BCUT2D eigenvalue weighted by atomic mass is 32.2. The SMILES string of the molecule is Cc1ccc(-c2cc(-c3ccccc3)nc(SC3CC(=O)N(c4ccc(C(=O)OCC(=O)c5ccc(-c6ccccc6)cc5)cc4)C3=O)c2C#N)cc1. The number of thioether (sulfide) groups is 1. The Bertz CT molecular complexity index is 2370. The van der Waals surface area contributed by atoms with Gasteiger partial charge in [0.1, 0.15) is 11.1 Å². The predicted molar refractivity (Wildman–Crippen MR) is 204 cm³/mol. The Kier molecular flexibility index (Phi) is 10.1. The highest BCUT2D eigenvalue weighted by Gasteiger charge is 2.41. The number of imide groups is 1. The first-order valence-electron chi connectivity index (χ1n) is 16.9. The number of esters is 1. The molecule has 0 spiro atoms. The van der Waals surface area contributed by atoms with Gasteiger partial charge >= 0.3 is 5.97 Å². The molecule has 0 bridgehead atoms. The first-order valence-corrected chi connectivity index (χ1v) is 17.7. The van der Waals surface area contributed by atoms with E-state index in [1.807, 2.05) is 110 Å². The minimum absolute atomic E-state index is 0.0935. The fourth-order valence-corrected chi connectivity index (χ4v) is 7.18. The maximum Gasteiger partial charge on any atom is 0.338 e. The summed E-state index contributed by atoms with van der Waals surface area (Å²) in [5.41, 5.74) is 7.28. The minimum atomic E-state index is -0.823. The second kappa shape index (κ2) is 15.3. The van der Waals surface area contributed by atoms with E-state index in [1.54, 1.807) is 12.1 Å². The van der Waals surface area contributed by atoms with E-state index in [-0.39, 0.29) is 17.8 Å². The van der Waals surface area contributed by atoms with E-state index in [0.29, 0.717) is 33.1 Å². The van der Waals surface area contributed by atoms with Crippen molar-refractivity contribution in [3.05, 3.63) is 162 Å². The number of nitrogens with zero attached hydrogens (tertiary/aromatic N) is 3. The first kappa shape index (κ1) is 34.8. The van der Waals surface area contributed by atoms with Crippen molar-refractivity contribution in [2.75, 3.05) is 11.5 Å². The molecule has 5 aromatic carbocycles. The molecular weight excluding hydrogens is 683 g/mol. The molecule has 1 fully saturated rings. The van der Waals surface area contributed by atoms with Crippen LogP contribution in [-0.2, 0) is 14.3 Å². The number of aromatic nitrogens is 1. The van der Waals surface area contributed by atoms with Crippen LogP contribution >= 0.6 is 11.8 Å². The lowest BCUT2D eigenvalue weighted by Gasteiger charge is -2.16. The van der Waals surface area contributed by atoms with Crippen LogP contribution in [0.2, 0.25) is 0 Å². The van der Waals surface area contributed by atoms with Crippen LogP contribution in [0.3, 0.4) is 0 Å². The van der Waals surface area contributed by atoms with E-state index in [0.717, 1.165) is 44.5 Å². The van der Waals surface area contributed by atoms with Crippen molar-refractivity contribution in [2.45, 2.75) is 23.6 Å². The summed E-state index contributed by atoms with van der Waals surface area (Å²) in [4.78, 5) is 58.5. The smallest absolute Gasteiger partial charge is 0.338 e. The van der Waals surface area contributed by atoms with E-state index in [1.165, 1.54) is 24.3 Å². The Balaban J connectivity index is 1.04. The van der Waals surface area contributed by atoms with Crippen molar-refractivity contribution in [2.24, 2.45) is 0 Å². The van der Waals surface area contributed by atoms with Crippen LogP contribution < -0.4 is 4.90 Å². The Morgan fingerprint density at radius 2 is 1.36 bits per heavy atom. The summed E-state index contributed by atoms with van der Waals surface area (Å²) in [6.07, 6.45) is -0.0935. The number of carbonyl (C=O) groups excluding carboxylic acids is 4. The van der Waals surface area contributed by atoms with Crippen molar-refractivity contribution in [1.82, 2.24) is 4.98 Å². The average Bonchev–Trinajstić information content (AvgIpc) is 3.48. The molecule has 1 atom stereocenters. The lowest BCUT2D eigenvalue weighted by Crippen LogP contribution is -2.31. The van der Waals surface area contributed by atoms with Gasteiger partial charge in [-0.15, -0.1) is 0 Å². The zero-order valence-corrected chi connectivity index (χ0v) is 29.4. The number of amides is 2. The summed E-state index contributed by atoms with van der Waals surface area (Å²) in [5, 5.41) is 9.86. The largest absolute Gasteiger partial charge is 0.454 e. The third-order valence-electron chi connectivity index (χ3n) is 8.90. The standard InChI is InChI=1S/C44H31N3O5S/c1-28-12-14-31(15-13-28)36-24-38(32-10-6-3-7-11-32)46-42(37(36)26-45)53-40-25-41(49)47(43(40)50)35-22-20-34(21-23-35)44(51)52-27-39(48)33-18-16-30(17-19-33)29-8-4-2-5-9-29/h2-24,40H,25,27H2,1H3. The summed E-state index contributed by atoms with van der Waals surface area (Å²) < 4.78 is 5.29. The fraction of sp³-hybridized carbons (Fsp3) is 0.0909. The van der Waals surface area contributed by atoms with Gasteiger partial charge in [0, 0.05) is 23.1 Å². The molecule has 1 saturated heterocycles. The molecule has 9 heteroatoms. The molecule has 1 aliphatic heterocycles. The lowest BCUT2D eigenvalue weighted by atomic mass is 9.98. The second-order valence-electron chi connectivity index (χ2n) is 12.4. The molecule has 1 unspecified atom stereocenters. The van der Waals surface area contributed by atoms with Crippen molar-refractivity contribution >= 4 is 41.0 Å².